The van der Waals surface area contributed by atoms with Gasteiger partial charge in [-0.25, -0.2) is 0 Å². The van der Waals surface area contributed by atoms with E-state index in [1.807, 2.05) is 20.8 Å². The van der Waals surface area contributed by atoms with E-state index in [4.69, 9.17) is 14.2 Å². The number of hydrogen-bond donors (Lipinski definition) is 0. The molecule has 3 nitrogen and oxygen atoms in total. The molecule has 26 heavy (non-hydrogen) atoms. The van der Waals surface area contributed by atoms with Crippen molar-refractivity contribution in [2.24, 2.45) is 5.92 Å². The lowest BCUT2D eigenvalue weighted by Crippen LogP contribution is -2.46. The predicted molar refractivity (Wildman–Crippen MR) is 116 cm³/mol. The fourth-order valence-corrected chi connectivity index (χ4v) is 3.89. The van der Waals surface area contributed by atoms with Crippen LogP contribution in [0.4, 0.5) is 0 Å². The van der Waals surface area contributed by atoms with Gasteiger partial charge in [-0.05, 0) is 40.0 Å². The number of unbranched alkanes of at least 4 members (excludes halogenated alkanes) is 6. The minimum Gasteiger partial charge on any atom is -0.328 e. The largest absolute Gasteiger partial charge is 0.328 e. The first-order chi connectivity index (χ1) is 12.6. The molecule has 158 valence electrons. The van der Waals surface area contributed by atoms with Gasteiger partial charge in [0.15, 0.2) is 0 Å². The van der Waals surface area contributed by atoms with E-state index in [2.05, 4.69) is 29.8 Å². The zero-order chi connectivity index (χ0) is 19.7. The Morgan fingerprint density at radius 2 is 1.08 bits per heavy atom. The minimum atomic E-state index is -0.859. The third-order valence-corrected chi connectivity index (χ3v) is 5.31. The topological polar surface area (TPSA) is 27.7 Å². The van der Waals surface area contributed by atoms with E-state index in [9.17, 15) is 0 Å². The fourth-order valence-electron chi connectivity index (χ4n) is 3.57. The van der Waals surface area contributed by atoms with E-state index in [1.165, 1.54) is 57.8 Å². The zero-order valence-corrected chi connectivity index (χ0v) is 19.7. The van der Waals surface area contributed by atoms with Crippen LogP contribution in [0.3, 0.4) is 0 Å². The normalized spacial score (nSPS) is 14.5. The SMILES string of the molecule is CCCCCCCCC(CCCCC(C)Br)C(OCC)(OCC)OCC. The molecule has 4 heteroatoms. The molecular formula is C22H45BrO3. The molecule has 0 rings (SSSR count). The number of rotatable bonds is 19. The number of hydrogen-bond acceptors (Lipinski definition) is 3. The van der Waals surface area contributed by atoms with Crippen molar-refractivity contribution in [2.45, 2.75) is 116 Å². The molecular weight excluding hydrogens is 392 g/mol. The van der Waals surface area contributed by atoms with Crippen LogP contribution in [-0.2, 0) is 14.2 Å². The summed E-state index contributed by atoms with van der Waals surface area (Å²) < 4.78 is 18.3. The van der Waals surface area contributed by atoms with Gasteiger partial charge in [-0.2, -0.15) is 0 Å². The Balaban J connectivity index is 4.80. The van der Waals surface area contributed by atoms with Crippen LogP contribution in [0.5, 0.6) is 0 Å². The minimum absolute atomic E-state index is 0.305. The molecule has 0 bridgehead atoms. The molecule has 2 unspecified atom stereocenters. The fraction of sp³-hybridized carbons (Fsp3) is 1.00. The second-order valence-electron chi connectivity index (χ2n) is 7.22. The van der Waals surface area contributed by atoms with E-state index in [1.54, 1.807) is 0 Å². The maximum atomic E-state index is 6.09. The lowest BCUT2D eigenvalue weighted by atomic mass is 9.91. The van der Waals surface area contributed by atoms with Gasteiger partial charge in [0.25, 0.3) is 5.97 Å². The summed E-state index contributed by atoms with van der Waals surface area (Å²) in [7, 11) is 0. The van der Waals surface area contributed by atoms with Crippen LogP contribution in [0.15, 0.2) is 0 Å². The van der Waals surface area contributed by atoms with Gasteiger partial charge in [-0.3, -0.25) is 0 Å². The van der Waals surface area contributed by atoms with Crippen molar-refractivity contribution in [1.29, 1.82) is 0 Å². The van der Waals surface area contributed by atoms with Crippen LogP contribution in [0.25, 0.3) is 0 Å². The van der Waals surface area contributed by atoms with Crippen molar-refractivity contribution in [3.63, 3.8) is 0 Å². The molecule has 0 aliphatic heterocycles. The zero-order valence-electron chi connectivity index (χ0n) is 18.2. The van der Waals surface area contributed by atoms with Gasteiger partial charge in [-0.15, -0.1) is 0 Å². The van der Waals surface area contributed by atoms with Crippen molar-refractivity contribution in [1.82, 2.24) is 0 Å². The Morgan fingerprint density at radius 3 is 1.54 bits per heavy atom. The molecule has 2 atom stereocenters. The predicted octanol–water partition coefficient (Wildman–Crippen LogP) is 7.46. The molecule has 0 aliphatic rings. The van der Waals surface area contributed by atoms with Crippen LogP contribution in [0.2, 0.25) is 0 Å². The van der Waals surface area contributed by atoms with Gasteiger partial charge < -0.3 is 14.2 Å². The van der Waals surface area contributed by atoms with Crippen LogP contribution < -0.4 is 0 Å². The van der Waals surface area contributed by atoms with E-state index < -0.39 is 5.97 Å². The van der Waals surface area contributed by atoms with Crippen LogP contribution in [0.1, 0.15) is 105 Å². The highest BCUT2D eigenvalue weighted by Crippen LogP contribution is 2.34. The standard InChI is InChI=1S/C22H45BrO3/c1-6-10-11-12-13-14-18-21(19-16-15-17-20(5)23)22(24-7-2,25-8-3)26-9-4/h20-21H,6-19H2,1-5H3. The monoisotopic (exact) mass is 436 g/mol. The molecule has 0 aromatic heterocycles. The van der Waals surface area contributed by atoms with Gasteiger partial charge in [0.05, 0.1) is 0 Å². The molecule has 0 N–H and O–H groups in total. The molecule has 0 amide bonds. The Hall–Kier alpha value is 0.360. The maximum Gasteiger partial charge on any atom is 0.285 e. The molecule has 0 saturated heterocycles. The molecule has 0 aliphatic carbocycles. The van der Waals surface area contributed by atoms with Crippen molar-refractivity contribution < 1.29 is 14.2 Å². The summed E-state index contributed by atoms with van der Waals surface area (Å²) in [4.78, 5) is 0.593. The van der Waals surface area contributed by atoms with Gasteiger partial charge in [0, 0.05) is 30.6 Å². The Bertz CT molecular complexity index is 280. The summed E-state index contributed by atoms with van der Waals surface area (Å²) >= 11 is 3.65. The van der Waals surface area contributed by atoms with Crippen LogP contribution in [-0.4, -0.2) is 30.6 Å². The molecule has 0 fully saturated rings. The Morgan fingerprint density at radius 1 is 0.654 bits per heavy atom. The molecule has 0 spiro atoms. The number of alkyl halides is 1. The smallest absolute Gasteiger partial charge is 0.285 e. The van der Waals surface area contributed by atoms with Crippen LogP contribution in [0, 0.1) is 5.92 Å². The lowest BCUT2D eigenvalue weighted by molar-refractivity contribution is -0.403. The molecule has 0 radical (unpaired) electrons. The summed E-state index contributed by atoms with van der Waals surface area (Å²) in [5, 5.41) is 0. The third kappa shape index (κ3) is 11.9. The van der Waals surface area contributed by atoms with Gasteiger partial charge in [0.2, 0.25) is 0 Å². The van der Waals surface area contributed by atoms with Crippen molar-refractivity contribution >= 4 is 15.9 Å². The van der Waals surface area contributed by atoms with Crippen molar-refractivity contribution in [3.8, 4) is 0 Å². The third-order valence-electron chi connectivity index (χ3n) is 4.85. The highest BCUT2D eigenvalue weighted by Gasteiger charge is 2.41. The first-order valence-electron chi connectivity index (χ1n) is 11.1. The number of halogens is 1. The summed E-state index contributed by atoms with van der Waals surface area (Å²) in [6.07, 6.45) is 13.8. The summed E-state index contributed by atoms with van der Waals surface area (Å²) in [5.41, 5.74) is 0. The van der Waals surface area contributed by atoms with Crippen molar-refractivity contribution in [3.05, 3.63) is 0 Å². The second-order valence-corrected chi connectivity index (χ2v) is 8.78. The molecule has 0 aromatic rings. The van der Waals surface area contributed by atoms with E-state index in [-0.39, 0.29) is 0 Å². The molecule has 0 saturated carbocycles. The van der Waals surface area contributed by atoms with E-state index >= 15 is 0 Å². The summed E-state index contributed by atoms with van der Waals surface area (Å²) in [6, 6.07) is 0. The molecule has 0 aromatic carbocycles. The maximum absolute atomic E-state index is 6.09. The first-order valence-corrected chi connectivity index (χ1v) is 12.0. The number of ether oxygens (including phenoxy) is 3. The average Bonchev–Trinajstić information content (AvgIpc) is 2.60. The van der Waals surface area contributed by atoms with Gasteiger partial charge >= 0.3 is 0 Å². The lowest BCUT2D eigenvalue weighted by Gasteiger charge is -2.39. The Labute approximate surface area is 172 Å². The highest BCUT2D eigenvalue weighted by atomic mass is 79.9. The van der Waals surface area contributed by atoms with Gasteiger partial charge in [0.1, 0.15) is 0 Å². The van der Waals surface area contributed by atoms with E-state index in [0.717, 1.165) is 12.8 Å². The summed E-state index contributed by atoms with van der Waals surface area (Å²) in [6.45, 7) is 12.4. The molecule has 0 heterocycles. The first kappa shape index (κ1) is 26.4. The van der Waals surface area contributed by atoms with E-state index in [0.29, 0.717) is 30.6 Å². The van der Waals surface area contributed by atoms with Crippen LogP contribution >= 0.6 is 15.9 Å². The summed E-state index contributed by atoms with van der Waals surface area (Å²) in [5.74, 6) is -0.555. The highest BCUT2D eigenvalue weighted by molar-refractivity contribution is 9.09. The average molecular weight is 438 g/mol. The second kappa shape index (κ2) is 17.5. The quantitative estimate of drug-likeness (QED) is 0.119. The Kier molecular flexibility index (Phi) is 17.7. The van der Waals surface area contributed by atoms with Gasteiger partial charge in [-0.1, -0.05) is 81.1 Å². The van der Waals surface area contributed by atoms with Crippen molar-refractivity contribution in [2.75, 3.05) is 19.8 Å².